The number of phenolic OH excluding ortho intramolecular Hbond substituents is 2. The van der Waals surface area contributed by atoms with Gasteiger partial charge in [0.2, 0.25) is 0 Å². The van der Waals surface area contributed by atoms with E-state index in [-0.39, 0.29) is 5.75 Å². The first kappa shape index (κ1) is 11.6. The van der Waals surface area contributed by atoms with Gasteiger partial charge in [0.05, 0.1) is 0 Å². The van der Waals surface area contributed by atoms with Crippen molar-refractivity contribution in [2.75, 3.05) is 0 Å². The summed E-state index contributed by atoms with van der Waals surface area (Å²) in [6.07, 6.45) is 0. The van der Waals surface area contributed by atoms with Crippen LogP contribution in [-0.2, 0) is 0 Å². The second kappa shape index (κ2) is 4.32. The van der Waals surface area contributed by atoms with Gasteiger partial charge in [-0.25, -0.2) is 0 Å². The summed E-state index contributed by atoms with van der Waals surface area (Å²) in [4.78, 5) is 0. The molecule has 0 saturated heterocycles. The van der Waals surface area contributed by atoms with Crippen molar-refractivity contribution in [3.63, 3.8) is 0 Å². The van der Waals surface area contributed by atoms with Crippen molar-refractivity contribution in [3.05, 3.63) is 60.2 Å². The molecule has 2 N–H and O–H groups in total. The Morgan fingerprint density at radius 2 is 1.58 bits per heavy atom. The van der Waals surface area contributed by atoms with Crippen molar-refractivity contribution in [1.82, 2.24) is 0 Å². The summed E-state index contributed by atoms with van der Waals surface area (Å²) < 4.78 is 0. The number of rotatable bonds is 1. The van der Waals surface area contributed by atoms with E-state index in [0.29, 0.717) is 5.75 Å². The van der Waals surface area contributed by atoms with Crippen molar-refractivity contribution >= 4 is 10.8 Å². The van der Waals surface area contributed by atoms with E-state index in [1.54, 1.807) is 18.2 Å². The van der Waals surface area contributed by atoms with Crippen molar-refractivity contribution in [2.45, 2.75) is 6.92 Å². The third-order valence-electron chi connectivity index (χ3n) is 3.44. The van der Waals surface area contributed by atoms with Gasteiger partial charge in [0.25, 0.3) is 0 Å². The largest absolute Gasteiger partial charge is 0.508 e. The van der Waals surface area contributed by atoms with E-state index in [1.807, 2.05) is 37.3 Å². The molecule has 0 spiro atoms. The highest BCUT2D eigenvalue weighted by molar-refractivity contribution is 5.91. The van der Waals surface area contributed by atoms with Gasteiger partial charge >= 0.3 is 0 Å². The van der Waals surface area contributed by atoms with Gasteiger partial charge in [-0.3, -0.25) is 0 Å². The van der Waals surface area contributed by atoms with E-state index < -0.39 is 0 Å². The van der Waals surface area contributed by atoms with E-state index in [9.17, 15) is 10.2 Å². The Kier molecular flexibility index (Phi) is 2.64. The summed E-state index contributed by atoms with van der Waals surface area (Å²) in [6.45, 7) is 1.91. The second-order valence-corrected chi connectivity index (χ2v) is 4.70. The number of benzene rings is 3. The van der Waals surface area contributed by atoms with Crippen LogP contribution >= 0.6 is 0 Å². The Bertz CT molecular complexity index is 760. The van der Waals surface area contributed by atoms with Gasteiger partial charge < -0.3 is 10.2 Å². The lowest BCUT2D eigenvalue weighted by Crippen LogP contribution is -1.82. The number of phenols is 2. The van der Waals surface area contributed by atoms with Crippen LogP contribution in [0, 0.1) is 6.92 Å². The quantitative estimate of drug-likeness (QED) is 0.678. The Labute approximate surface area is 111 Å². The minimum atomic E-state index is 0.263. The number of fused-ring (bicyclic) bond motifs is 1. The average Bonchev–Trinajstić information content (AvgIpc) is 2.43. The minimum Gasteiger partial charge on any atom is -0.508 e. The normalized spacial score (nSPS) is 10.8. The SMILES string of the molecule is Cc1c(O)ccc2cc(-c3cccc(O)c3)ccc12. The van der Waals surface area contributed by atoms with E-state index in [1.165, 1.54) is 0 Å². The zero-order valence-electron chi connectivity index (χ0n) is 10.6. The molecule has 0 aliphatic heterocycles. The third kappa shape index (κ3) is 2.02. The van der Waals surface area contributed by atoms with Gasteiger partial charge in [-0.1, -0.05) is 30.3 Å². The van der Waals surface area contributed by atoms with Crippen LogP contribution in [0.2, 0.25) is 0 Å². The Balaban J connectivity index is 2.20. The van der Waals surface area contributed by atoms with E-state index in [4.69, 9.17) is 0 Å². The first-order valence-electron chi connectivity index (χ1n) is 6.17. The molecule has 3 aromatic rings. The summed E-state index contributed by atoms with van der Waals surface area (Å²) in [5.74, 6) is 0.581. The first-order valence-corrected chi connectivity index (χ1v) is 6.17. The van der Waals surface area contributed by atoms with Crippen LogP contribution < -0.4 is 0 Å². The summed E-state index contributed by atoms with van der Waals surface area (Å²) in [5.41, 5.74) is 2.92. The molecule has 19 heavy (non-hydrogen) atoms. The zero-order valence-corrected chi connectivity index (χ0v) is 10.6. The molecule has 0 fully saturated rings. The summed E-state index contributed by atoms with van der Waals surface area (Å²) in [6, 6.07) is 16.9. The van der Waals surface area contributed by atoms with Crippen LogP contribution in [0.15, 0.2) is 54.6 Å². The maximum atomic E-state index is 9.71. The Hall–Kier alpha value is -2.48. The summed E-state index contributed by atoms with van der Waals surface area (Å²) in [7, 11) is 0. The van der Waals surface area contributed by atoms with Gasteiger partial charge in [-0.05, 0) is 58.7 Å². The third-order valence-corrected chi connectivity index (χ3v) is 3.44. The molecule has 0 bridgehead atoms. The predicted octanol–water partition coefficient (Wildman–Crippen LogP) is 4.23. The van der Waals surface area contributed by atoms with Crippen LogP contribution in [0.5, 0.6) is 11.5 Å². The van der Waals surface area contributed by atoms with Crippen LogP contribution in [0.1, 0.15) is 5.56 Å². The molecule has 0 saturated carbocycles. The maximum absolute atomic E-state index is 9.71. The van der Waals surface area contributed by atoms with Crippen molar-refractivity contribution in [2.24, 2.45) is 0 Å². The van der Waals surface area contributed by atoms with Gasteiger partial charge in [0.15, 0.2) is 0 Å². The number of hydrogen-bond acceptors (Lipinski definition) is 2. The summed E-state index contributed by atoms with van der Waals surface area (Å²) in [5, 5.41) is 21.4. The standard InChI is InChI=1S/C17H14O2/c1-11-16-7-5-13(9-14(16)6-8-17(11)19)12-3-2-4-15(18)10-12/h2-10,18-19H,1H3. The maximum Gasteiger partial charge on any atom is 0.119 e. The van der Waals surface area contributed by atoms with Crippen molar-refractivity contribution in [1.29, 1.82) is 0 Å². The molecule has 3 rings (SSSR count). The molecule has 0 atom stereocenters. The summed E-state index contributed by atoms with van der Waals surface area (Å²) >= 11 is 0. The molecule has 0 aliphatic carbocycles. The lowest BCUT2D eigenvalue weighted by atomic mass is 9.98. The van der Waals surface area contributed by atoms with E-state index >= 15 is 0 Å². The average molecular weight is 250 g/mol. The highest BCUT2D eigenvalue weighted by atomic mass is 16.3. The lowest BCUT2D eigenvalue weighted by Gasteiger charge is -2.08. The van der Waals surface area contributed by atoms with Crippen LogP contribution in [0.3, 0.4) is 0 Å². The zero-order chi connectivity index (χ0) is 13.4. The molecule has 0 heterocycles. The van der Waals surface area contributed by atoms with Crippen molar-refractivity contribution in [3.8, 4) is 22.6 Å². The first-order chi connectivity index (χ1) is 9.15. The monoisotopic (exact) mass is 250 g/mol. The fourth-order valence-corrected chi connectivity index (χ4v) is 2.34. The molecule has 2 heteroatoms. The molecule has 94 valence electrons. The second-order valence-electron chi connectivity index (χ2n) is 4.70. The number of aryl methyl sites for hydroxylation is 1. The fraction of sp³-hybridized carbons (Fsp3) is 0.0588. The van der Waals surface area contributed by atoms with Crippen LogP contribution in [0.25, 0.3) is 21.9 Å². The smallest absolute Gasteiger partial charge is 0.119 e. The van der Waals surface area contributed by atoms with Gasteiger partial charge in [0, 0.05) is 0 Å². The van der Waals surface area contributed by atoms with Gasteiger partial charge in [-0.2, -0.15) is 0 Å². The van der Waals surface area contributed by atoms with Crippen LogP contribution in [0.4, 0.5) is 0 Å². The van der Waals surface area contributed by atoms with Crippen LogP contribution in [-0.4, -0.2) is 10.2 Å². The molecule has 3 aromatic carbocycles. The highest BCUT2D eigenvalue weighted by Crippen LogP contribution is 2.31. The number of aromatic hydroxyl groups is 2. The predicted molar refractivity (Wildman–Crippen MR) is 77.5 cm³/mol. The molecule has 0 amide bonds. The highest BCUT2D eigenvalue weighted by Gasteiger charge is 2.05. The van der Waals surface area contributed by atoms with Gasteiger partial charge in [-0.15, -0.1) is 0 Å². The number of hydrogen-bond donors (Lipinski definition) is 2. The Morgan fingerprint density at radius 1 is 0.789 bits per heavy atom. The molecule has 0 aromatic heterocycles. The molecule has 2 nitrogen and oxygen atoms in total. The molecular formula is C17H14O2. The molecule has 0 unspecified atom stereocenters. The molecule has 0 radical (unpaired) electrons. The van der Waals surface area contributed by atoms with Gasteiger partial charge in [0.1, 0.15) is 11.5 Å². The van der Waals surface area contributed by atoms with E-state index in [2.05, 4.69) is 6.07 Å². The topological polar surface area (TPSA) is 40.5 Å². The molecular weight excluding hydrogens is 236 g/mol. The van der Waals surface area contributed by atoms with E-state index in [0.717, 1.165) is 27.5 Å². The Morgan fingerprint density at radius 3 is 2.37 bits per heavy atom. The minimum absolute atomic E-state index is 0.263. The fourth-order valence-electron chi connectivity index (χ4n) is 2.34. The molecule has 0 aliphatic rings. The van der Waals surface area contributed by atoms with Crippen molar-refractivity contribution < 1.29 is 10.2 Å². The lowest BCUT2D eigenvalue weighted by molar-refractivity contribution is 0.472.